The Bertz CT molecular complexity index is 1480. The van der Waals surface area contributed by atoms with E-state index in [4.69, 9.17) is 17.0 Å². The van der Waals surface area contributed by atoms with E-state index in [2.05, 4.69) is 10.3 Å². The van der Waals surface area contributed by atoms with Gasteiger partial charge in [-0.05, 0) is 78.8 Å². The van der Waals surface area contributed by atoms with Crippen molar-refractivity contribution in [2.75, 3.05) is 4.90 Å². The second-order valence-corrected chi connectivity index (χ2v) is 8.58. The molecule has 0 spiro atoms. The number of carbonyl (C=O) groups excluding carboxylic acids is 2. The van der Waals surface area contributed by atoms with Gasteiger partial charge in [-0.2, -0.15) is 0 Å². The van der Waals surface area contributed by atoms with Crippen LogP contribution in [0.1, 0.15) is 11.1 Å². The molecule has 1 fully saturated rings. The van der Waals surface area contributed by atoms with Crippen molar-refractivity contribution in [2.45, 2.75) is 6.92 Å². The van der Waals surface area contributed by atoms with Gasteiger partial charge >= 0.3 is 0 Å². The van der Waals surface area contributed by atoms with Crippen molar-refractivity contribution in [1.82, 2.24) is 10.3 Å². The molecule has 0 saturated carbocycles. The van der Waals surface area contributed by atoms with Crippen LogP contribution in [0.25, 0.3) is 17.2 Å². The fraction of sp³-hybridized carbons (Fsp3) is 0.0345. The molecular formula is C29H21N3O3S. The maximum atomic E-state index is 13.5. The highest BCUT2D eigenvalue weighted by Gasteiger charge is 2.34. The number of ether oxygens (including phenoxy) is 1. The molecule has 0 radical (unpaired) electrons. The number of anilines is 1. The van der Waals surface area contributed by atoms with Gasteiger partial charge in [0.05, 0.1) is 5.69 Å². The minimum Gasteiger partial charge on any atom is -0.457 e. The van der Waals surface area contributed by atoms with Crippen LogP contribution in [0.2, 0.25) is 0 Å². The van der Waals surface area contributed by atoms with Gasteiger partial charge in [0.2, 0.25) is 0 Å². The minimum atomic E-state index is -0.552. The Balaban J connectivity index is 1.45. The molecule has 1 aliphatic heterocycles. The number of para-hydroxylation sites is 1. The summed E-state index contributed by atoms with van der Waals surface area (Å²) in [5.41, 5.74) is 4.09. The molecule has 0 aliphatic carbocycles. The van der Waals surface area contributed by atoms with Crippen LogP contribution in [0.15, 0.2) is 103 Å². The molecule has 1 aliphatic rings. The lowest BCUT2D eigenvalue weighted by Crippen LogP contribution is -2.54. The van der Waals surface area contributed by atoms with Gasteiger partial charge < -0.3 is 4.74 Å². The van der Waals surface area contributed by atoms with Crippen molar-refractivity contribution in [3.63, 3.8) is 0 Å². The summed E-state index contributed by atoms with van der Waals surface area (Å²) in [4.78, 5) is 31.8. The number of aryl methyl sites for hydroxylation is 1. The van der Waals surface area contributed by atoms with E-state index in [0.717, 1.165) is 16.7 Å². The Labute approximate surface area is 213 Å². The zero-order valence-electron chi connectivity index (χ0n) is 19.3. The van der Waals surface area contributed by atoms with Crippen LogP contribution in [0.3, 0.4) is 0 Å². The van der Waals surface area contributed by atoms with E-state index in [1.165, 1.54) is 4.90 Å². The molecular weight excluding hydrogens is 470 g/mol. The van der Waals surface area contributed by atoms with Crippen molar-refractivity contribution in [1.29, 1.82) is 0 Å². The van der Waals surface area contributed by atoms with Crippen LogP contribution >= 0.6 is 12.2 Å². The van der Waals surface area contributed by atoms with Crippen molar-refractivity contribution >= 4 is 40.9 Å². The number of thiocarbonyl (C=S) groups is 1. The Morgan fingerprint density at radius 2 is 1.58 bits per heavy atom. The van der Waals surface area contributed by atoms with Gasteiger partial charge in [-0.15, -0.1) is 0 Å². The van der Waals surface area contributed by atoms with Gasteiger partial charge in [0, 0.05) is 18.0 Å². The average Bonchev–Trinajstić information content (AvgIpc) is 2.89. The highest BCUT2D eigenvalue weighted by Crippen LogP contribution is 2.29. The first-order valence-electron chi connectivity index (χ1n) is 11.2. The first-order chi connectivity index (χ1) is 17.5. The van der Waals surface area contributed by atoms with Crippen LogP contribution in [0, 0.1) is 6.92 Å². The van der Waals surface area contributed by atoms with Gasteiger partial charge in [0.25, 0.3) is 11.8 Å². The summed E-state index contributed by atoms with van der Waals surface area (Å²) < 4.78 is 5.83. The first kappa shape index (κ1) is 23.1. The highest BCUT2D eigenvalue weighted by atomic mass is 32.1. The van der Waals surface area contributed by atoms with Crippen molar-refractivity contribution in [3.8, 4) is 22.6 Å². The van der Waals surface area contributed by atoms with Gasteiger partial charge in [-0.25, -0.2) is 0 Å². The molecule has 36 heavy (non-hydrogen) atoms. The third-order valence-electron chi connectivity index (χ3n) is 5.69. The summed E-state index contributed by atoms with van der Waals surface area (Å²) in [6.07, 6.45) is 4.87. The van der Waals surface area contributed by atoms with Gasteiger partial charge in [-0.3, -0.25) is 24.8 Å². The zero-order valence-corrected chi connectivity index (χ0v) is 20.2. The highest BCUT2D eigenvalue weighted by molar-refractivity contribution is 7.80. The maximum Gasteiger partial charge on any atom is 0.270 e. The Morgan fingerprint density at radius 3 is 2.31 bits per heavy atom. The van der Waals surface area contributed by atoms with Crippen molar-refractivity contribution in [2.24, 2.45) is 0 Å². The number of hydrogen-bond donors (Lipinski definition) is 1. The molecule has 1 N–H and O–H groups in total. The van der Waals surface area contributed by atoms with Crippen LogP contribution < -0.4 is 15.0 Å². The molecule has 2 amide bonds. The number of nitrogens with one attached hydrogen (secondary N) is 1. The fourth-order valence-corrected chi connectivity index (χ4v) is 4.13. The third-order valence-corrected chi connectivity index (χ3v) is 5.97. The van der Waals surface area contributed by atoms with Gasteiger partial charge in [0.1, 0.15) is 17.1 Å². The van der Waals surface area contributed by atoms with Gasteiger partial charge in [-0.1, -0.05) is 48.0 Å². The lowest BCUT2D eigenvalue weighted by molar-refractivity contribution is -0.122. The van der Waals surface area contributed by atoms with E-state index in [-0.39, 0.29) is 10.7 Å². The van der Waals surface area contributed by atoms with Crippen molar-refractivity contribution in [3.05, 3.63) is 114 Å². The van der Waals surface area contributed by atoms with E-state index in [0.29, 0.717) is 22.7 Å². The normalized spacial score (nSPS) is 14.6. The maximum absolute atomic E-state index is 13.5. The number of rotatable bonds is 5. The first-order valence-corrected chi connectivity index (χ1v) is 11.7. The van der Waals surface area contributed by atoms with Crippen molar-refractivity contribution < 1.29 is 14.3 Å². The van der Waals surface area contributed by atoms with Gasteiger partial charge in [0.15, 0.2) is 5.11 Å². The monoisotopic (exact) mass is 491 g/mol. The number of hydrogen-bond acceptors (Lipinski definition) is 5. The third kappa shape index (κ3) is 4.78. The van der Waals surface area contributed by atoms with E-state index >= 15 is 0 Å². The summed E-state index contributed by atoms with van der Waals surface area (Å²) in [5.74, 6) is 0.245. The molecule has 176 valence electrons. The number of nitrogens with zero attached hydrogens (tertiary/aromatic N) is 2. The molecule has 3 aromatic carbocycles. The fourth-order valence-electron chi connectivity index (χ4n) is 3.85. The molecule has 0 bridgehead atoms. The van der Waals surface area contributed by atoms with Crippen LogP contribution in [-0.4, -0.2) is 21.9 Å². The summed E-state index contributed by atoms with van der Waals surface area (Å²) in [5, 5.41) is 2.64. The molecule has 1 aromatic heterocycles. The minimum absolute atomic E-state index is 0.0174. The summed E-state index contributed by atoms with van der Waals surface area (Å²) in [6.45, 7) is 2.02. The van der Waals surface area contributed by atoms with Crippen LogP contribution in [0.4, 0.5) is 5.69 Å². The Kier molecular flexibility index (Phi) is 6.38. The molecule has 6 nitrogen and oxygen atoms in total. The lowest BCUT2D eigenvalue weighted by atomic mass is 9.98. The van der Waals surface area contributed by atoms with E-state index < -0.39 is 11.8 Å². The topological polar surface area (TPSA) is 71.5 Å². The van der Waals surface area contributed by atoms with E-state index in [9.17, 15) is 9.59 Å². The standard InChI is InChI=1S/C29H21N3O3S/c1-19-7-9-20(10-8-19)25-15-16-30-18-21(25)17-26-27(33)31-29(36)32(28(26)34)22-11-13-24(14-12-22)35-23-5-3-2-4-6-23/h2-18H,1H3,(H,31,33,36)/b26-17+. The second-order valence-electron chi connectivity index (χ2n) is 8.20. The summed E-state index contributed by atoms with van der Waals surface area (Å²) >= 11 is 5.34. The quantitative estimate of drug-likeness (QED) is 0.221. The van der Waals surface area contributed by atoms with Crippen LogP contribution in [-0.2, 0) is 9.59 Å². The van der Waals surface area contributed by atoms with E-state index in [1.54, 1.807) is 42.7 Å². The Hall–Kier alpha value is -4.62. The number of pyridine rings is 1. The van der Waals surface area contributed by atoms with Crippen LogP contribution in [0.5, 0.6) is 11.5 Å². The predicted octanol–water partition coefficient (Wildman–Crippen LogP) is 5.68. The number of aromatic nitrogens is 1. The largest absolute Gasteiger partial charge is 0.457 e. The molecule has 5 rings (SSSR count). The molecule has 4 aromatic rings. The summed E-state index contributed by atoms with van der Waals surface area (Å²) in [7, 11) is 0. The molecule has 1 saturated heterocycles. The SMILES string of the molecule is Cc1ccc(-c2ccncc2/C=C2\C(=O)NC(=S)N(c3ccc(Oc4ccccc4)cc3)C2=O)cc1. The molecule has 0 unspecified atom stereocenters. The lowest BCUT2D eigenvalue weighted by Gasteiger charge is -2.29. The predicted molar refractivity (Wildman–Crippen MR) is 144 cm³/mol. The Morgan fingerprint density at radius 1 is 0.889 bits per heavy atom. The smallest absolute Gasteiger partial charge is 0.270 e. The summed E-state index contributed by atoms with van der Waals surface area (Å²) in [6, 6.07) is 26.2. The molecule has 2 heterocycles. The second kappa shape index (κ2) is 9.93. The van der Waals surface area contributed by atoms with E-state index in [1.807, 2.05) is 67.6 Å². The average molecular weight is 492 g/mol. The number of benzene rings is 3. The number of carbonyl (C=O) groups is 2. The number of amides is 2. The molecule has 0 atom stereocenters. The molecule has 7 heteroatoms. The zero-order chi connectivity index (χ0) is 25.1.